The van der Waals surface area contributed by atoms with Crippen molar-refractivity contribution in [3.05, 3.63) is 217 Å². The number of hydrogen-bond donors (Lipinski definition) is 0. The van der Waals surface area contributed by atoms with Crippen LogP contribution in [-0.2, 0) is 5.41 Å². The van der Waals surface area contributed by atoms with E-state index in [4.69, 9.17) is 0 Å². The molecule has 2 aliphatic carbocycles. The van der Waals surface area contributed by atoms with E-state index in [2.05, 4.69) is 219 Å². The van der Waals surface area contributed by atoms with Crippen LogP contribution in [0.3, 0.4) is 0 Å². The molecule has 2 unspecified atom stereocenters. The van der Waals surface area contributed by atoms with E-state index in [0.29, 0.717) is 11.8 Å². The zero-order valence-electron chi connectivity index (χ0n) is 30.7. The van der Waals surface area contributed by atoms with Gasteiger partial charge in [-0.05, 0) is 132 Å². The topological polar surface area (TPSA) is 3.24 Å². The Morgan fingerprint density at radius 3 is 1.96 bits per heavy atom. The highest BCUT2D eigenvalue weighted by atomic mass is 15.1. The molecule has 0 fully saturated rings. The molecule has 0 aromatic heterocycles. The summed E-state index contributed by atoms with van der Waals surface area (Å²) in [4.78, 5) is 2.43. The van der Waals surface area contributed by atoms with Gasteiger partial charge in [-0.3, -0.25) is 0 Å². The maximum absolute atomic E-state index is 2.47. The molecule has 0 N–H and O–H groups in total. The van der Waals surface area contributed by atoms with Crippen molar-refractivity contribution < 1.29 is 0 Å². The second-order valence-corrected chi connectivity index (χ2v) is 15.4. The third-order valence-electron chi connectivity index (χ3n) is 11.9. The molecule has 2 atom stereocenters. The number of fused-ring (bicyclic) bond motifs is 5. The minimum absolute atomic E-state index is 0.0496. The number of allylic oxidation sites excluding steroid dienone is 4. The molecule has 0 heterocycles. The Morgan fingerprint density at radius 1 is 0.463 bits per heavy atom. The largest absolute Gasteiger partial charge is 0.310 e. The lowest BCUT2D eigenvalue weighted by Crippen LogP contribution is -2.26. The summed E-state index contributed by atoms with van der Waals surface area (Å²) >= 11 is 0. The van der Waals surface area contributed by atoms with Gasteiger partial charge in [0.25, 0.3) is 0 Å². The summed E-state index contributed by atoms with van der Waals surface area (Å²) in [6.07, 6.45) is 7.08. The molecule has 54 heavy (non-hydrogen) atoms. The highest BCUT2D eigenvalue weighted by Crippen LogP contribution is 2.58. The van der Waals surface area contributed by atoms with Crippen LogP contribution in [0.1, 0.15) is 36.5 Å². The van der Waals surface area contributed by atoms with Crippen molar-refractivity contribution in [2.75, 3.05) is 4.90 Å². The summed E-state index contributed by atoms with van der Waals surface area (Å²) < 4.78 is 0. The normalized spacial score (nSPS) is 16.9. The van der Waals surface area contributed by atoms with Gasteiger partial charge in [0.15, 0.2) is 0 Å². The van der Waals surface area contributed by atoms with Gasteiger partial charge in [-0.15, -0.1) is 0 Å². The second kappa shape index (κ2) is 12.9. The molecule has 2 aliphatic rings. The van der Waals surface area contributed by atoms with Crippen molar-refractivity contribution in [1.82, 2.24) is 0 Å². The predicted molar refractivity (Wildman–Crippen MR) is 230 cm³/mol. The van der Waals surface area contributed by atoms with Gasteiger partial charge in [0.05, 0.1) is 0 Å². The highest BCUT2D eigenvalue weighted by Gasteiger charge is 2.47. The third-order valence-corrected chi connectivity index (χ3v) is 11.9. The van der Waals surface area contributed by atoms with E-state index in [1.165, 1.54) is 71.7 Å². The van der Waals surface area contributed by atoms with Crippen LogP contribution in [-0.4, -0.2) is 0 Å². The molecule has 0 aliphatic heterocycles. The molecule has 10 rings (SSSR count). The van der Waals surface area contributed by atoms with Gasteiger partial charge in [0.1, 0.15) is 0 Å². The van der Waals surface area contributed by atoms with Crippen molar-refractivity contribution in [2.45, 2.75) is 25.2 Å². The molecular formula is C53H41N. The molecule has 258 valence electrons. The Kier molecular flexibility index (Phi) is 7.70. The van der Waals surface area contributed by atoms with Crippen molar-refractivity contribution in [3.63, 3.8) is 0 Å². The van der Waals surface area contributed by atoms with Gasteiger partial charge < -0.3 is 4.90 Å². The van der Waals surface area contributed by atoms with E-state index >= 15 is 0 Å². The van der Waals surface area contributed by atoms with Crippen molar-refractivity contribution >= 4 is 44.2 Å². The van der Waals surface area contributed by atoms with Crippen LogP contribution in [0, 0.1) is 5.92 Å². The molecule has 1 heteroatoms. The molecule has 0 spiro atoms. The summed E-state index contributed by atoms with van der Waals surface area (Å²) in [5.41, 5.74) is 13.9. The first-order chi connectivity index (χ1) is 26.5. The summed E-state index contributed by atoms with van der Waals surface area (Å²) in [5.74, 6) is 0.671. The molecule has 0 amide bonds. The monoisotopic (exact) mass is 691 g/mol. The Hall–Kier alpha value is -6.44. The fourth-order valence-electron chi connectivity index (χ4n) is 9.22. The summed E-state index contributed by atoms with van der Waals surface area (Å²) in [7, 11) is 0. The molecule has 0 radical (unpaired) electrons. The fourth-order valence-corrected chi connectivity index (χ4v) is 9.22. The minimum Gasteiger partial charge on any atom is -0.310 e. The third kappa shape index (κ3) is 5.39. The van der Waals surface area contributed by atoms with E-state index in [1.54, 1.807) is 0 Å². The number of hydrogen-bond acceptors (Lipinski definition) is 1. The van der Waals surface area contributed by atoms with E-state index in [9.17, 15) is 0 Å². The fraction of sp³-hybridized carbons (Fsp3) is 0.0943. The molecular weight excluding hydrogens is 651 g/mol. The molecule has 8 aromatic carbocycles. The van der Waals surface area contributed by atoms with Crippen molar-refractivity contribution in [1.29, 1.82) is 0 Å². The van der Waals surface area contributed by atoms with Crippen LogP contribution >= 0.6 is 0 Å². The lowest BCUT2D eigenvalue weighted by Gasteiger charge is -2.32. The molecule has 1 nitrogen and oxygen atoms in total. The van der Waals surface area contributed by atoms with Crippen molar-refractivity contribution in [3.8, 4) is 22.3 Å². The zero-order chi connectivity index (χ0) is 36.2. The Morgan fingerprint density at radius 2 is 1.13 bits per heavy atom. The summed E-state index contributed by atoms with van der Waals surface area (Å²) in [6.45, 7) is 4.87. The number of para-hydroxylation sites is 1. The number of nitrogens with zero attached hydrogens (tertiary/aromatic N) is 1. The van der Waals surface area contributed by atoms with Crippen LogP contribution < -0.4 is 4.90 Å². The van der Waals surface area contributed by atoms with Crippen LogP contribution in [0.15, 0.2) is 200 Å². The lowest BCUT2D eigenvalue weighted by molar-refractivity contribution is 0.399. The molecule has 0 saturated carbocycles. The first kappa shape index (κ1) is 32.2. The van der Waals surface area contributed by atoms with Gasteiger partial charge in [-0.1, -0.05) is 159 Å². The van der Waals surface area contributed by atoms with E-state index in [1.807, 2.05) is 0 Å². The van der Waals surface area contributed by atoms with Crippen LogP contribution in [0.4, 0.5) is 17.1 Å². The second-order valence-electron chi connectivity index (χ2n) is 15.4. The lowest BCUT2D eigenvalue weighted by atomic mass is 9.71. The summed E-state index contributed by atoms with van der Waals surface area (Å²) in [5, 5.41) is 5.08. The van der Waals surface area contributed by atoms with Crippen LogP contribution in [0.2, 0.25) is 0 Å². The first-order valence-electron chi connectivity index (χ1n) is 19.1. The number of anilines is 3. The minimum atomic E-state index is -0.0496. The van der Waals surface area contributed by atoms with E-state index in [-0.39, 0.29) is 5.41 Å². The van der Waals surface area contributed by atoms with Gasteiger partial charge in [0, 0.05) is 23.0 Å². The van der Waals surface area contributed by atoms with E-state index in [0.717, 1.165) is 11.4 Å². The average Bonchev–Trinajstić information content (AvgIpc) is 3.46. The number of rotatable bonds is 6. The smallest absolute Gasteiger partial charge is 0.0467 e. The maximum atomic E-state index is 2.47. The first-order valence-corrected chi connectivity index (χ1v) is 19.1. The zero-order valence-corrected chi connectivity index (χ0v) is 30.7. The van der Waals surface area contributed by atoms with E-state index < -0.39 is 0 Å². The van der Waals surface area contributed by atoms with Crippen molar-refractivity contribution in [2.24, 2.45) is 5.92 Å². The van der Waals surface area contributed by atoms with Gasteiger partial charge in [-0.2, -0.15) is 0 Å². The maximum Gasteiger partial charge on any atom is 0.0467 e. The molecule has 8 aromatic rings. The Bertz CT molecular complexity index is 2750. The van der Waals surface area contributed by atoms with Gasteiger partial charge in [-0.25, -0.2) is 0 Å². The van der Waals surface area contributed by atoms with Gasteiger partial charge >= 0.3 is 0 Å². The average molecular weight is 692 g/mol. The SMILES string of the molecule is CC1(C)c2cc(N(c3ccccc3)c3cccc(-c4cc(-c5ccccc5)c5ccccc5c4)c3)ccc2C2C(c3ccc4ccccc4c3)=CC=CC21. The van der Waals surface area contributed by atoms with Crippen LogP contribution in [0.25, 0.3) is 49.4 Å². The molecule has 0 saturated heterocycles. The molecule has 0 bridgehead atoms. The quantitative estimate of drug-likeness (QED) is 0.168. The van der Waals surface area contributed by atoms with Gasteiger partial charge in [0.2, 0.25) is 0 Å². The number of benzene rings is 8. The predicted octanol–water partition coefficient (Wildman–Crippen LogP) is 14.4. The Balaban J connectivity index is 1.08. The highest BCUT2D eigenvalue weighted by molar-refractivity contribution is 6.00. The summed E-state index contributed by atoms with van der Waals surface area (Å²) in [6, 6.07) is 66.9. The Labute approximate surface area is 318 Å². The standard InChI is InChI=1S/C53H41N/c1-53(2)50-26-14-25-47(41-28-27-36-15-9-10-18-38(36)31-41)52(50)48-30-29-45(35-51(48)53)54(43-21-7-4-8-22-43)44-23-13-20-39(33-44)42-32-40-19-11-12-24-46(40)49(34-42)37-16-5-3-6-17-37/h3-35,50,52H,1-2H3. The van der Waals surface area contributed by atoms with Crippen LogP contribution in [0.5, 0.6) is 0 Å².